The lowest BCUT2D eigenvalue weighted by Crippen LogP contribution is -2.43. The number of carbonyl (C=O) groups is 3. The maximum absolute atomic E-state index is 16.8. The van der Waals surface area contributed by atoms with E-state index in [1.807, 2.05) is 152 Å². The lowest BCUT2D eigenvalue weighted by atomic mass is 9.96. The number of amides is 3. The largest absolute Gasteiger partial charge is 0.379 e. The van der Waals surface area contributed by atoms with Gasteiger partial charge in [-0.1, -0.05) is 97.1 Å². The highest BCUT2D eigenvalue weighted by atomic mass is 32.1. The van der Waals surface area contributed by atoms with Crippen LogP contribution in [0.2, 0.25) is 0 Å². The van der Waals surface area contributed by atoms with Crippen molar-refractivity contribution in [2.75, 3.05) is 75.1 Å². The number of aromatic amines is 3. The Kier molecular flexibility index (Phi) is 18.6. The summed E-state index contributed by atoms with van der Waals surface area (Å²) in [5, 5.41) is 38.9. The summed E-state index contributed by atoms with van der Waals surface area (Å²) in [5.74, 6) is -0.888. The number of H-pyrrole nitrogens is 3. The van der Waals surface area contributed by atoms with Crippen LogP contribution in [0.5, 0.6) is 0 Å². The number of aromatic nitrogens is 6. The maximum Gasteiger partial charge on any atom is 0.260 e. The van der Waals surface area contributed by atoms with Crippen LogP contribution in [0.4, 0.5) is 17.1 Å². The second-order valence-electron chi connectivity index (χ2n) is 24.5. The van der Waals surface area contributed by atoms with Crippen LogP contribution in [0, 0.1) is 20.8 Å². The number of piperazine rings is 1. The fourth-order valence-electron chi connectivity index (χ4n) is 12.7. The average molecular weight is 1310 g/mol. The molecule has 95 heavy (non-hydrogen) atoms. The Bertz CT molecular complexity index is 4850. The molecule has 0 radical (unpaired) electrons. The topological polar surface area (TPSA) is 184 Å². The van der Waals surface area contributed by atoms with Crippen molar-refractivity contribution in [3.05, 3.63) is 233 Å². The van der Waals surface area contributed by atoms with Gasteiger partial charge >= 0.3 is 0 Å². The van der Waals surface area contributed by atoms with Gasteiger partial charge in [-0.05, 0) is 167 Å². The number of ether oxygens (including phenoxy) is 1. The zero-order valence-electron chi connectivity index (χ0n) is 53.3. The summed E-state index contributed by atoms with van der Waals surface area (Å²) in [6, 6.07) is 45.4. The van der Waals surface area contributed by atoms with E-state index in [2.05, 4.69) is 108 Å². The molecule has 2 fully saturated rings. The van der Waals surface area contributed by atoms with Gasteiger partial charge in [-0.25, -0.2) is 0 Å². The molecule has 0 bridgehead atoms. The molecule has 12 aromatic rings. The third-order valence-corrected chi connectivity index (χ3v) is 20.5. The lowest BCUT2D eigenvalue weighted by molar-refractivity contribution is -0.117. The molecule has 2 aliphatic rings. The molecule has 5 N–H and O–H groups in total. The van der Waals surface area contributed by atoms with Crippen LogP contribution in [-0.4, -0.2) is 123 Å². The molecule has 0 spiro atoms. The van der Waals surface area contributed by atoms with Crippen molar-refractivity contribution < 1.29 is 19.1 Å². The van der Waals surface area contributed by atoms with E-state index in [1.165, 1.54) is 33.8 Å². The molecule has 1 atom stereocenters. The van der Waals surface area contributed by atoms with Crippen LogP contribution in [0.3, 0.4) is 0 Å². The summed E-state index contributed by atoms with van der Waals surface area (Å²) in [5.41, 5.74) is 15.2. The van der Waals surface area contributed by atoms with E-state index in [0.717, 1.165) is 147 Å². The Labute approximate surface area is 563 Å². The average Bonchev–Trinajstić information content (AvgIpc) is 1.74. The Morgan fingerprint density at radius 1 is 0.568 bits per heavy atom. The summed E-state index contributed by atoms with van der Waals surface area (Å²) >= 11 is 4.50. The molecule has 2 aliphatic heterocycles. The molecule has 1 unspecified atom stereocenters. The number of carbonyl (C=O) groups excluding carboxylic acids is 3. The van der Waals surface area contributed by atoms with Crippen molar-refractivity contribution in [2.45, 2.75) is 46.3 Å². The number of nitrogens with zero attached hydrogens (tertiary/aromatic N) is 7. The number of aryl methyl sites for hydroxylation is 3. The maximum atomic E-state index is 16.8. The number of hydrogen-bond acceptors (Lipinski definition) is 13. The van der Waals surface area contributed by atoms with Gasteiger partial charge in [0.1, 0.15) is 0 Å². The minimum absolute atomic E-state index is 0.0998. The van der Waals surface area contributed by atoms with Crippen molar-refractivity contribution in [3.8, 4) is 10.4 Å². The number of fused-ring (bicyclic) bond motifs is 3. The molecular weight excluding hydrogens is 1240 g/mol. The normalized spacial score (nSPS) is 14.7. The van der Waals surface area contributed by atoms with Gasteiger partial charge in [-0.3, -0.25) is 44.4 Å². The lowest BCUT2D eigenvalue weighted by Gasteiger charge is -2.33. The van der Waals surface area contributed by atoms with E-state index in [0.29, 0.717) is 44.5 Å². The molecule has 2 saturated heterocycles. The SMILES string of the molecule is Cc1cc2[nH]nc(C=Cc3cccc(C(=O)N(c4cc5c(C=Cc6cccc(CN7CCOCC7)c6)n[nH]c5cc4C)C(C(=O)Nc4cc5c(C=Cc6cccc(CN7CCN(C)CC7)c6)n[nH]c5cc4C)c4cccs4)c3-c3cccs3)c2cc1NC(=O)Cc1cccs1. The van der Waals surface area contributed by atoms with Crippen molar-refractivity contribution in [2.24, 2.45) is 0 Å². The van der Waals surface area contributed by atoms with Crippen LogP contribution in [-0.2, 0) is 33.8 Å². The molecule has 0 saturated carbocycles. The summed E-state index contributed by atoms with van der Waals surface area (Å²) in [6.45, 7) is 15.1. The van der Waals surface area contributed by atoms with E-state index in [1.54, 1.807) is 16.2 Å². The van der Waals surface area contributed by atoms with Crippen LogP contribution < -0.4 is 15.5 Å². The Morgan fingerprint density at radius 2 is 1.13 bits per heavy atom. The number of thiophene rings is 3. The Balaban J connectivity index is 0.840. The van der Waals surface area contributed by atoms with Crippen LogP contribution in [0.25, 0.3) is 79.6 Å². The first-order valence-corrected chi connectivity index (χ1v) is 34.6. The fraction of sp³-hybridized carbons (Fsp3) is 0.211. The van der Waals surface area contributed by atoms with Crippen LogP contribution in [0.15, 0.2) is 156 Å². The number of likely N-dealkylation sites (N-methyl/N-ethyl adjacent to an activating group) is 1. The highest BCUT2D eigenvalue weighted by Crippen LogP contribution is 2.42. The highest BCUT2D eigenvalue weighted by molar-refractivity contribution is 7.13. The number of hydrogen-bond donors (Lipinski definition) is 5. The minimum atomic E-state index is -1.18. The van der Waals surface area contributed by atoms with E-state index in [9.17, 15) is 4.79 Å². The Hall–Kier alpha value is -9.70. The van der Waals surface area contributed by atoms with Gasteiger partial charge in [0.2, 0.25) is 5.91 Å². The van der Waals surface area contributed by atoms with E-state index < -0.39 is 11.9 Å². The summed E-state index contributed by atoms with van der Waals surface area (Å²) in [7, 11) is 2.18. The first kappa shape index (κ1) is 62.7. The molecule has 0 aliphatic carbocycles. The zero-order valence-corrected chi connectivity index (χ0v) is 55.8. The quantitative estimate of drug-likeness (QED) is 0.0492. The van der Waals surface area contributed by atoms with Crippen molar-refractivity contribution in [3.63, 3.8) is 0 Å². The number of benzene rings is 6. The molecule has 6 aromatic carbocycles. The standard InChI is InChI=1S/C76H72N12O4S3/c1-48-37-66-58(43-64(48)77-72(89)42-56-16-8-34-93-56)63(81-83-66)25-22-55-15-7-17-57(73(55)70-18-9-35-94-70)76(91)88(69-45-60-62(80-84-68(60)39-50(69)3)24-21-52-12-6-14-54(41-52)47-87-30-32-92-33-31-87)74(71-19-10-36-95-71)75(90)78-65-44-59-61(79-82-67(59)38-49(65)2)23-20-51-11-5-13-53(40-51)46-86-28-26-85(4)27-29-86/h5-25,34-41,43-45,74H,26-33,42,46-47H2,1-4H3,(H,77,89)(H,78,90)(H,79,82)(H,80,84)(H,81,83). The minimum Gasteiger partial charge on any atom is -0.379 e. The molecule has 8 heterocycles. The fourth-order valence-corrected chi connectivity index (χ4v) is 15.1. The van der Waals surface area contributed by atoms with Gasteiger partial charge in [-0.2, -0.15) is 15.3 Å². The molecule has 16 nitrogen and oxygen atoms in total. The second-order valence-corrected chi connectivity index (χ2v) is 27.5. The molecule has 478 valence electrons. The monoisotopic (exact) mass is 1310 g/mol. The van der Waals surface area contributed by atoms with Crippen molar-refractivity contribution in [1.29, 1.82) is 0 Å². The van der Waals surface area contributed by atoms with Gasteiger partial charge in [-0.15, -0.1) is 34.0 Å². The van der Waals surface area contributed by atoms with Gasteiger partial charge in [0.05, 0.1) is 53.3 Å². The third kappa shape index (κ3) is 14.1. The van der Waals surface area contributed by atoms with Crippen LogP contribution >= 0.6 is 34.0 Å². The third-order valence-electron chi connectivity index (χ3n) is 17.8. The summed E-state index contributed by atoms with van der Waals surface area (Å²) < 4.78 is 5.62. The second kappa shape index (κ2) is 28.1. The number of anilines is 3. The molecule has 14 rings (SSSR count). The number of rotatable bonds is 20. The van der Waals surface area contributed by atoms with E-state index >= 15 is 9.59 Å². The first-order chi connectivity index (χ1) is 46.4. The molecular formula is C76H72N12O4S3. The van der Waals surface area contributed by atoms with E-state index in [-0.39, 0.29) is 18.2 Å². The van der Waals surface area contributed by atoms with E-state index in [4.69, 9.17) is 20.0 Å². The van der Waals surface area contributed by atoms with Gasteiger partial charge in [0.25, 0.3) is 11.8 Å². The summed E-state index contributed by atoms with van der Waals surface area (Å²) in [4.78, 5) is 57.6. The first-order valence-electron chi connectivity index (χ1n) is 32.0. The number of morpholine rings is 1. The summed E-state index contributed by atoms with van der Waals surface area (Å²) in [6.07, 6.45) is 12.4. The Morgan fingerprint density at radius 3 is 1.73 bits per heavy atom. The smallest absolute Gasteiger partial charge is 0.260 e. The van der Waals surface area contributed by atoms with Gasteiger partial charge < -0.3 is 20.3 Å². The van der Waals surface area contributed by atoms with Crippen LogP contribution in [0.1, 0.15) is 87.7 Å². The van der Waals surface area contributed by atoms with Gasteiger partial charge in [0, 0.05) is 111 Å². The van der Waals surface area contributed by atoms with Crippen molar-refractivity contribution in [1.82, 2.24) is 45.3 Å². The number of nitrogens with one attached hydrogen (secondary N) is 5. The molecule has 19 heteroatoms. The predicted molar refractivity (Wildman–Crippen MR) is 390 cm³/mol. The van der Waals surface area contributed by atoms with Crippen molar-refractivity contribution >= 4 is 138 Å². The molecule has 6 aromatic heterocycles. The highest BCUT2D eigenvalue weighted by Gasteiger charge is 2.37. The molecule has 3 amide bonds. The zero-order chi connectivity index (χ0) is 64.9. The predicted octanol–water partition coefficient (Wildman–Crippen LogP) is 15.4. The van der Waals surface area contributed by atoms with Gasteiger partial charge in [0.15, 0.2) is 6.04 Å².